The summed E-state index contributed by atoms with van der Waals surface area (Å²) in [6, 6.07) is 7.53. The van der Waals surface area contributed by atoms with Gasteiger partial charge in [-0.15, -0.1) is 0 Å². The van der Waals surface area contributed by atoms with Gasteiger partial charge in [-0.25, -0.2) is 0 Å². The molecule has 0 spiro atoms. The van der Waals surface area contributed by atoms with Crippen LogP contribution >= 0.6 is 0 Å². The van der Waals surface area contributed by atoms with Gasteiger partial charge in [0.25, 0.3) is 0 Å². The van der Waals surface area contributed by atoms with Crippen LogP contribution < -0.4 is 5.32 Å². The highest BCUT2D eigenvalue weighted by molar-refractivity contribution is 5.90. The molecule has 2 N–H and O–H groups in total. The molecule has 6 nitrogen and oxygen atoms in total. The summed E-state index contributed by atoms with van der Waals surface area (Å²) in [6.07, 6.45) is 4.93. The molecule has 1 aromatic rings. The van der Waals surface area contributed by atoms with E-state index in [0.29, 0.717) is 32.1 Å². The zero-order valence-electron chi connectivity index (χ0n) is 14.5. The molecule has 1 aliphatic rings. The molecule has 136 valence electrons. The average molecular weight is 346 g/mol. The first-order chi connectivity index (χ1) is 12.0. The number of unbranched alkanes of at least 4 members (excludes halogenated alkanes) is 1. The molecule has 2 rings (SSSR count). The van der Waals surface area contributed by atoms with Crippen molar-refractivity contribution in [2.24, 2.45) is 0 Å². The van der Waals surface area contributed by atoms with E-state index in [1.165, 1.54) is 0 Å². The molecule has 25 heavy (non-hydrogen) atoms. The Morgan fingerprint density at radius 2 is 1.60 bits per heavy atom. The van der Waals surface area contributed by atoms with Crippen LogP contribution in [0.5, 0.6) is 0 Å². The van der Waals surface area contributed by atoms with E-state index in [1.54, 1.807) is 0 Å². The SMILES string of the molecule is O=C(O)CCCCC(=O)Nc1ccc(CCC(=O)N2CCCC2)cc1. The maximum atomic E-state index is 12.0. The Balaban J connectivity index is 1.69. The molecule has 0 aromatic heterocycles. The predicted octanol–water partition coefficient (Wildman–Crippen LogP) is 2.83. The van der Waals surface area contributed by atoms with E-state index in [1.807, 2.05) is 29.2 Å². The van der Waals surface area contributed by atoms with Crippen molar-refractivity contribution in [1.82, 2.24) is 4.90 Å². The quantitative estimate of drug-likeness (QED) is 0.673. The number of aryl methyl sites for hydroxylation is 1. The minimum atomic E-state index is -0.834. The van der Waals surface area contributed by atoms with E-state index in [9.17, 15) is 14.4 Å². The third kappa shape index (κ3) is 6.95. The lowest BCUT2D eigenvalue weighted by Crippen LogP contribution is -2.27. The van der Waals surface area contributed by atoms with Crippen LogP contribution in [-0.4, -0.2) is 40.9 Å². The van der Waals surface area contributed by atoms with Crippen LogP contribution in [-0.2, 0) is 20.8 Å². The highest BCUT2D eigenvalue weighted by Gasteiger charge is 2.17. The number of aliphatic carboxylic acids is 1. The van der Waals surface area contributed by atoms with E-state index in [2.05, 4.69) is 5.32 Å². The Morgan fingerprint density at radius 3 is 2.24 bits per heavy atom. The fourth-order valence-corrected chi connectivity index (χ4v) is 2.92. The molecule has 1 aliphatic heterocycles. The molecule has 2 amide bonds. The first kappa shape index (κ1) is 19.0. The number of carbonyl (C=O) groups excluding carboxylic acids is 2. The van der Waals surface area contributed by atoms with Crippen molar-refractivity contribution in [3.05, 3.63) is 29.8 Å². The molecule has 0 atom stereocenters. The number of rotatable bonds is 9. The molecule has 0 radical (unpaired) electrons. The zero-order valence-corrected chi connectivity index (χ0v) is 14.5. The molecule has 1 heterocycles. The lowest BCUT2D eigenvalue weighted by molar-refractivity contribution is -0.137. The molecule has 6 heteroatoms. The van der Waals surface area contributed by atoms with Crippen LogP contribution in [0.2, 0.25) is 0 Å². The second kappa shape index (κ2) is 9.81. The number of hydrogen-bond acceptors (Lipinski definition) is 3. The summed E-state index contributed by atoms with van der Waals surface area (Å²) >= 11 is 0. The lowest BCUT2D eigenvalue weighted by atomic mass is 10.1. The van der Waals surface area contributed by atoms with Crippen LogP contribution in [0, 0.1) is 0 Å². The van der Waals surface area contributed by atoms with Gasteiger partial charge in [0.05, 0.1) is 0 Å². The Morgan fingerprint density at radius 1 is 0.960 bits per heavy atom. The number of hydrogen-bond donors (Lipinski definition) is 2. The first-order valence-corrected chi connectivity index (χ1v) is 8.93. The summed E-state index contributed by atoms with van der Waals surface area (Å²) in [5.41, 5.74) is 1.80. The average Bonchev–Trinajstić information content (AvgIpc) is 3.12. The summed E-state index contributed by atoms with van der Waals surface area (Å²) in [7, 11) is 0. The van der Waals surface area contributed by atoms with Crippen molar-refractivity contribution >= 4 is 23.5 Å². The van der Waals surface area contributed by atoms with E-state index >= 15 is 0 Å². The third-order valence-corrected chi connectivity index (χ3v) is 4.37. The van der Waals surface area contributed by atoms with Gasteiger partial charge < -0.3 is 15.3 Å². The molecule has 0 bridgehead atoms. The number of carboxylic acids is 1. The highest BCUT2D eigenvalue weighted by Crippen LogP contribution is 2.14. The minimum absolute atomic E-state index is 0.0954. The fraction of sp³-hybridized carbons (Fsp3) is 0.526. The number of amides is 2. The monoisotopic (exact) mass is 346 g/mol. The van der Waals surface area contributed by atoms with Gasteiger partial charge >= 0.3 is 5.97 Å². The normalized spacial score (nSPS) is 13.7. The molecular formula is C19H26N2O4. The number of nitrogens with one attached hydrogen (secondary N) is 1. The van der Waals surface area contributed by atoms with Crippen LogP contribution in [0.3, 0.4) is 0 Å². The molecule has 1 fully saturated rings. The molecule has 1 saturated heterocycles. The van der Waals surface area contributed by atoms with Crippen molar-refractivity contribution < 1.29 is 19.5 Å². The second-order valence-corrected chi connectivity index (χ2v) is 6.43. The van der Waals surface area contributed by atoms with Crippen LogP contribution in [0.15, 0.2) is 24.3 Å². The van der Waals surface area contributed by atoms with E-state index in [4.69, 9.17) is 5.11 Å². The predicted molar refractivity (Wildman–Crippen MR) is 95.3 cm³/mol. The van der Waals surface area contributed by atoms with Crippen molar-refractivity contribution in [3.8, 4) is 0 Å². The molecule has 1 aromatic carbocycles. The summed E-state index contributed by atoms with van der Waals surface area (Å²) in [5.74, 6) is -0.724. The Kier molecular flexibility index (Phi) is 7.44. The minimum Gasteiger partial charge on any atom is -0.481 e. The number of anilines is 1. The van der Waals surface area contributed by atoms with Crippen molar-refractivity contribution in [2.75, 3.05) is 18.4 Å². The van der Waals surface area contributed by atoms with Gasteiger partial charge in [0.2, 0.25) is 11.8 Å². The first-order valence-electron chi connectivity index (χ1n) is 8.93. The van der Waals surface area contributed by atoms with Gasteiger partial charge in [-0.3, -0.25) is 14.4 Å². The van der Waals surface area contributed by atoms with Gasteiger partial charge in [0, 0.05) is 38.0 Å². The number of likely N-dealkylation sites (tertiary alicyclic amines) is 1. The maximum absolute atomic E-state index is 12.0. The van der Waals surface area contributed by atoms with Gasteiger partial charge in [0.1, 0.15) is 0 Å². The third-order valence-electron chi connectivity index (χ3n) is 4.37. The maximum Gasteiger partial charge on any atom is 0.303 e. The molecular weight excluding hydrogens is 320 g/mol. The Hall–Kier alpha value is -2.37. The second-order valence-electron chi connectivity index (χ2n) is 6.43. The van der Waals surface area contributed by atoms with Gasteiger partial charge in [-0.2, -0.15) is 0 Å². The van der Waals surface area contributed by atoms with E-state index < -0.39 is 5.97 Å². The standard InChI is InChI=1S/C19H26N2O4/c22-17(5-1-2-6-19(24)25)20-16-10-7-15(8-11-16)9-12-18(23)21-13-3-4-14-21/h7-8,10-11H,1-6,9,12-14H2,(H,20,22)(H,24,25). The lowest BCUT2D eigenvalue weighted by Gasteiger charge is -2.15. The Labute approximate surface area is 148 Å². The number of nitrogens with zero attached hydrogens (tertiary/aromatic N) is 1. The van der Waals surface area contributed by atoms with Crippen LogP contribution in [0.4, 0.5) is 5.69 Å². The van der Waals surface area contributed by atoms with Gasteiger partial charge in [-0.1, -0.05) is 12.1 Å². The van der Waals surface area contributed by atoms with Crippen LogP contribution in [0.1, 0.15) is 50.5 Å². The van der Waals surface area contributed by atoms with Gasteiger partial charge in [-0.05, 0) is 49.8 Å². The Bertz CT molecular complexity index is 592. The van der Waals surface area contributed by atoms with Crippen molar-refractivity contribution in [1.29, 1.82) is 0 Å². The van der Waals surface area contributed by atoms with Crippen molar-refractivity contribution in [3.63, 3.8) is 0 Å². The highest BCUT2D eigenvalue weighted by atomic mass is 16.4. The van der Waals surface area contributed by atoms with Crippen molar-refractivity contribution in [2.45, 2.75) is 51.4 Å². The number of benzene rings is 1. The zero-order chi connectivity index (χ0) is 18.1. The topological polar surface area (TPSA) is 86.7 Å². The smallest absolute Gasteiger partial charge is 0.303 e. The molecule has 0 aliphatic carbocycles. The summed E-state index contributed by atoms with van der Waals surface area (Å²) in [5, 5.41) is 11.4. The fourth-order valence-electron chi connectivity index (χ4n) is 2.92. The van der Waals surface area contributed by atoms with E-state index in [0.717, 1.165) is 37.2 Å². The van der Waals surface area contributed by atoms with Gasteiger partial charge in [0.15, 0.2) is 0 Å². The number of carbonyl (C=O) groups is 3. The largest absolute Gasteiger partial charge is 0.481 e. The summed E-state index contributed by atoms with van der Waals surface area (Å²) in [4.78, 5) is 36.2. The summed E-state index contributed by atoms with van der Waals surface area (Å²) < 4.78 is 0. The molecule has 0 saturated carbocycles. The number of carboxylic acid groups (broad SMARTS) is 1. The summed E-state index contributed by atoms with van der Waals surface area (Å²) in [6.45, 7) is 1.77. The molecule has 0 unspecified atom stereocenters. The van der Waals surface area contributed by atoms with E-state index in [-0.39, 0.29) is 18.2 Å². The van der Waals surface area contributed by atoms with Crippen LogP contribution in [0.25, 0.3) is 0 Å².